The van der Waals surface area contributed by atoms with Crippen molar-refractivity contribution in [3.05, 3.63) is 29.8 Å². The highest BCUT2D eigenvalue weighted by Gasteiger charge is 2.32. The van der Waals surface area contributed by atoms with Crippen molar-refractivity contribution in [3.8, 4) is 5.75 Å². The molecular weight excluding hydrogens is 278 g/mol. The van der Waals surface area contributed by atoms with E-state index in [0.29, 0.717) is 13.1 Å². The van der Waals surface area contributed by atoms with Gasteiger partial charge in [-0.05, 0) is 36.5 Å². The summed E-state index contributed by atoms with van der Waals surface area (Å²) < 4.78 is 5.90. The van der Waals surface area contributed by atoms with Crippen LogP contribution >= 0.6 is 0 Å². The van der Waals surface area contributed by atoms with Gasteiger partial charge in [0.15, 0.2) is 0 Å². The third-order valence-corrected chi connectivity index (χ3v) is 4.85. The molecule has 2 fully saturated rings. The molecule has 0 atom stereocenters. The highest BCUT2D eigenvalue weighted by atomic mass is 16.5. The number of hydrogen-bond acceptors (Lipinski definition) is 3. The molecule has 0 bridgehead atoms. The number of carboxylic acid groups (broad SMARTS) is 1. The van der Waals surface area contributed by atoms with Crippen LogP contribution in [0.4, 0.5) is 0 Å². The van der Waals surface area contributed by atoms with Crippen LogP contribution in [0.2, 0.25) is 0 Å². The molecule has 1 N–H and O–H groups in total. The van der Waals surface area contributed by atoms with Crippen molar-refractivity contribution in [2.75, 3.05) is 19.7 Å². The maximum atomic E-state index is 10.8. The number of hydrogen-bond donors (Lipinski definition) is 1. The van der Waals surface area contributed by atoms with E-state index in [0.717, 1.165) is 24.8 Å². The Morgan fingerprint density at radius 3 is 2.45 bits per heavy atom. The van der Waals surface area contributed by atoms with Crippen LogP contribution in [0.15, 0.2) is 24.3 Å². The molecule has 1 saturated carbocycles. The summed E-state index contributed by atoms with van der Waals surface area (Å²) >= 11 is 0. The summed E-state index contributed by atoms with van der Waals surface area (Å²) in [5.74, 6) is 0.810. The maximum Gasteiger partial charge on any atom is 0.309 e. The Morgan fingerprint density at radius 1 is 1.14 bits per heavy atom. The molecule has 0 radical (unpaired) electrons. The standard InChI is InChI=1S/C18H25NO3/c20-18(21)16-11-19(12-16)10-14-6-8-17(9-7-14)22-13-15-4-2-1-3-5-15/h6-9,15-16H,1-5,10-13H2,(H,20,21). The van der Waals surface area contributed by atoms with E-state index < -0.39 is 5.97 Å². The number of benzene rings is 1. The first kappa shape index (κ1) is 15.3. The molecule has 0 amide bonds. The number of aliphatic carboxylic acids is 1. The Hall–Kier alpha value is -1.55. The predicted molar refractivity (Wildman–Crippen MR) is 84.9 cm³/mol. The molecular formula is C18H25NO3. The zero-order chi connectivity index (χ0) is 15.4. The second kappa shape index (κ2) is 7.14. The number of likely N-dealkylation sites (tertiary alicyclic amines) is 1. The van der Waals surface area contributed by atoms with Gasteiger partial charge in [-0.3, -0.25) is 9.69 Å². The van der Waals surface area contributed by atoms with Crippen LogP contribution in [0.1, 0.15) is 37.7 Å². The molecule has 1 aromatic rings. The van der Waals surface area contributed by atoms with Crippen molar-refractivity contribution in [1.29, 1.82) is 0 Å². The van der Waals surface area contributed by atoms with Crippen LogP contribution in [0.5, 0.6) is 5.75 Å². The van der Waals surface area contributed by atoms with Gasteiger partial charge in [-0.1, -0.05) is 31.4 Å². The minimum absolute atomic E-state index is 0.182. The molecule has 3 rings (SSSR count). The molecule has 22 heavy (non-hydrogen) atoms. The quantitative estimate of drug-likeness (QED) is 0.877. The summed E-state index contributed by atoms with van der Waals surface area (Å²) in [5, 5.41) is 8.88. The molecule has 1 aliphatic carbocycles. The Morgan fingerprint density at radius 2 is 1.82 bits per heavy atom. The zero-order valence-electron chi connectivity index (χ0n) is 13.0. The van der Waals surface area contributed by atoms with Gasteiger partial charge in [0.05, 0.1) is 12.5 Å². The summed E-state index contributed by atoms with van der Waals surface area (Å²) in [6.45, 7) is 2.99. The van der Waals surface area contributed by atoms with Gasteiger partial charge in [0.2, 0.25) is 0 Å². The Bertz CT molecular complexity index is 488. The zero-order valence-corrected chi connectivity index (χ0v) is 13.0. The van der Waals surface area contributed by atoms with Gasteiger partial charge in [0.25, 0.3) is 0 Å². The Kier molecular flexibility index (Phi) is 4.98. The van der Waals surface area contributed by atoms with Crippen molar-refractivity contribution in [1.82, 2.24) is 4.90 Å². The normalized spacial score (nSPS) is 20.5. The topological polar surface area (TPSA) is 49.8 Å². The molecule has 0 unspecified atom stereocenters. The molecule has 2 aliphatic rings. The maximum absolute atomic E-state index is 10.8. The van der Waals surface area contributed by atoms with Crippen molar-refractivity contribution < 1.29 is 14.6 Å². The smallest absolute Gasteiger partial charge is 0.309 e. The third-order valence-electron chi connectivity index (χ3n) is 4.85. The van der Waals surface area contributed by atoms with Gasteiger partial charge < -0.3 is 9.84 Å². The summed E-state index contributed by atoms with van der Waals surface area (Å²) in [7, 11) is 0. The summed E-state index contributed by atoms with van der Waals surface area (Å²) in [4.78, 5) is 12.9. The molecule has 0 aromatic heterocycles. The van der Waals surface area contributed by atoms with Crippen LogP contribution in [0.3, 0.4) is 0 Å². The van der Waals surface area contributed by atoms with Crippen LogP contribution in [-0.4, -0.2) is 35.7 Å². The lowest BCUT2D eigenvalue weighted by Crippen LogP contribution is -2.49. The average Bonchev–Trinajstić information content (AvgIpc) is 2.50. The molecule has 1 heterocycles. The predicted octanol–water partition coefficient (Wildman–Crippen LogP) is 3.16. The average molecular weight is 303 g/mol. The first-order valence-corrected chi connectivity index (χ1v) is 8.37. The van der Waals surface area contributed by atoms with Crippen molar-refractivity contribution in [2.45, 2.75) is 38.6 Å². The first-order chi connectivity index (χ1) is 10.7. The van der Waals surface area contributed by atoms with E-state index >= 15 is 0 Å². The fourth-order valence-electron chi connectivity index (χ4n) is 3.37. The SMILES string of the molecule is O=C(O)C1CN(Cc2ccc(OCC3CCCCC3)cc2)C1. The van der Waals surface area contributed by atoms with Crippen LogP contribution in [0, 0.1) is 11.8 Å². The van der Waals surface area contributed by atoms with E-state index in [2.05, 4.69) is 17.0 Å². The molecule has 1 saturated heterocycles. The summed E-state index contributed by atoms with van der Waals surface area (Å²) in [5.41, 5.74) is 1.22. The molecule has 1 aliphatic heterocycles. The third kappa shape index (κ3) is 4.01. The number of carboxylic acids is 1. The molecule has 1 aromatic carbocycles. The van der Waals surface area contributed by atoms with E-state index in [1.165, 1.54) is 37.7 Å². The van der Waals surface area contributed by atoms with E-state index in [4.69, 9.17) is 9.84 Å². The Labute approximate surface area is 132 Å². The van der Waals surface area contributed by atoms with E-state index in [9.17, 15) is 4.79 Å². The van der Waals surface area contributed by atoms with Crippen molar-refractivity contribution in [2.24, 2.45) is 11.8 Å². The van der Waals surface area contributed by atoms with Gasteiger partial charge in [0, 0.05) is 19.6 Å². The minimum Gasteiger partial charge on any atom is -0.493 e. The highest BCUT2D eigenvalue weighted by molar-refractivity contribution is 5.71. The van der Waals surface area contributed by atoms with Gasteiger partial charge in [-0.15, -0.1) is 0 Å². The van der Waals surface area contributed by atoms with Crippen LogP contribution in [0.25, 0.3) is 0 Å². The second-order valence-electron chi connectivity index (χ2n) is 6.69. The minimum atomic E-state index is -0.678. The molecule has 4 nitrogen and oxygen atoms in total. The number of ether oxygens (including phenoxy) is 1. The molecule has 0 spiro atoms. The number of nitrogens with zero attached hydrogens (tertiary/aromatic N) is 1. The first-order valence-electron chi connectivity index (χ1n) is 8.37. The number of rotatable bonds is 6. The van der Waals surface area contributed by atoms with Crippen molar-refractivity contribution >= 4 is 5.97 Å². The summed E-state index contributed by atoms with van der Waals surface area (Å²) in [6.07, 6.45) is 6.68. The lowest BCUT2D eigenvalue weighted by Gasteiger charge is -2.36. The van der Waals surface area contributed by atoms with Crippen LogP contribution < -0.4 is 4.74 Å². The fourth-order valence-corrected chi connectivity index (χ4v) is 3.37. The van der Waals surface area contributed by atoms with Gasteiger partial charge >= 0.3 is 5.97 Å². The second-order valence-corrected chi connectivity index (χ2v) is 6.69. The number of carbonyl (C=O) groups is 1. The lowest BCUT2D eigenvalue weighted by molar-refractivity contribution is -0.147. The van der Waals surface area contributed by atoms with E-state index in [-0.39, 0.29) is 5.92 Å². The van der Waals surface area contributed by atoms with E-state index in [1.54, 1.807) is 0 Å². The summed E-state index contributed by atoms with van der Waals surface area (Å²) in [6, 6.07) is 8.24. The van der Waals surface area contributed by atoms with Crippen molar-refractivity contribution in [3.63, 3.8) is 0 Å². The Balaban J connectivity index is 1.41. The van der Waals surface area contributed by atoms with Gasteiger partial charge in [0.1, 0.15) is 5.75 Å². The van der Waals surface area contributed by atoms with E-state index in [1.807, 2.05) is 12.1 Å². The van der Waals surface area contributed by atoms with Crippen LogP contribution in [-0.2, 0) is 11.3 Å². The fraction of sp³-hybridized carbons (Fsp3) is 0.611. The van der Waals surface area contributed by atoms with Gasteiger partial charge in [-0.25, -0.2) is 0 Å². The lowest BCUT2D eigenvalue weighted by atomic mass is 9.90. The molecule has 4 heteroatoms. The molecule has 120 valence electrons. The van der Waals surface area contributed by atoms with Gasteiger partial charge in [-0.2, -0.15) is 0 Å². The largest absolute Gasteiger partial charge is 0.493 e. The monoisotopic (exact) mass is 303 g/mol. The highest BCUT2D eigenvalue weighted by Crippen LogP contribution is 2.25.